The zero-order valence-electron chi connectivity index (χ0n) is 11.0. The predicted molar refractivity (Wildman–Crippen MR) is 79.9 cm³/mol. The molecule has 3 rings (SSSR count). The van der Waals surface area contributed by atoms with Gasteiger partial charge in [0, 0.05) is 11.1 Å². The van der Waals surface area contributed by atoms with Crippen LogP contribution >= 0.6 is 0 Å². The normalized spacial score (nSPS) is 10.5. The molecule has 0 aliphatic carbocycles. The fourth-order valence-corrected chi connectivity index (χ4v) is 2.08. The topological polar surface area (TPSA) is 64.7 Å². The molecule has 3 aromatic rings. The Morgan fingerprint density at radius 1 is 1.14 bits per heavy atom. The van der Waals surface area contributed by atoms with Crippen molar-refractivity contribution in [2.24, 2.45) is 0 Å². The monoisotopic (exact) mass is 278 g/mol. The van der Waals surface area contributed by atoms with Gasteiger partial charge in [0.2, 0.25) is 0 Å². The summed E-state index contributed by atoms with van der Waals surface area (Å²) in [7, 11) is 0. The maximum atomic E-state index is 12.6. The van der Waals surface area contributed by atoms with Crippen LogP contribution in [0.4, 0.5) is 10.2 Å². The van der Waals surface area contributed by atoms with E-state index in [4.69, 9.17) is 12.2 Å². The second kappa shape index (κ2) is 5.17. The third kappa shape index (κ3) is 2.39. The van der Waals surface area contributed by atoms with Gasteiger partial charge in [-0.3, -0.25) is 0 Å². The maximum absolute atomic E-state index is 12.6. The molecule has 0 amide bonds. The predicted octanol–water partition coefficient (Wildman–Crippen LogP) is 2.72. The van der Waals surface area contributed by atoms with Crippen LogP contribution in [-0.4, -0.2) is 15.0 Å². The van der Waals surface area contributed by atoms with E-state index in [-0.39, 0.29) is 11.6 Å². The number of hydrogen-bond acceptors (Lipinski definition) is 4. The molecule has 2 aromatic heterocycles. The minimum absolute atomic E-state index is 0.0591. The lowest BCUT2D eigenvalue weighted by Crippen LogP contribution is -2.01. The van der Waals surface area contributed by atoms with E-state index in [1.54, 1.807) is 12.1 Å². The summed E-state index contributed by atoms with van der Waals surface area (Å²) in [6.07, 6.45) is 5.40. The standard InChI is InChI=1S/C16H11FN4/c1-2-10-4-3-5-11(8-10)12-6-7-13-15(20-12)16(18)21-14(9-17)19-13/h1,3-8H,9H2,(H2,18,19,21). The summed E-state index contributed by atoms with van der Waals surface area (Å²) in [5, 5.41) is 0. The number of rotatable bonds is 2. The molecule has 5 heteroatoms. The van der Waals surface area contributed by atoms with Gasteiger partial charge in [0.05, 0.1) is 11.2 Å². The molecule has 1 aromatic carbocycles. The van der Waals surface area contributed by atoms with Gasteiger partial charge in [-0.1, -0.05) is 18.1 Å². The number of alkyl halides is 1. The van der Waals surface area contributed by atoms with Gasteiger partial charge < -0.3 is 5.73 Å². The summed E-state index contributed by atoms with van der Waals surface area (Å²) < 4.78 is 12.6. The van der Waals surface area contributed by atoms with Crippen LogP contribution in [0.5, 0.6) is 0 Å². The summed E-state index contributed by atoms with van der Waals surface area (Å²) in [5.41, 5.74) is 9.15. The average Bonchev–Trinajstić information content (AvgIpc) is 2.54. The van der Waals surface area contributed by atoms with Crippen molar-refractivity contribution >= 4 is 16.9 Å². The average molecular weight is 278 g/mol. The van der Waals surface area contributed by atoms with E-state index in [0.717, 1.165) is 11.1 Å². The number of terminal acetylenes is 1. The highest BCUT2D eigenvalue weighted by molar-refractivity contribution is 5.86. The van der Waals surface area contributed by atoms with E-state index in [9.17, 15) is 4.39 Å². The van der Waals surface area contributed by atoms with Crippen molar-refractivity contribution in [3.8, 4) is 23.6 Å². The van der Waals surface area contributed by atoms with Crippen LogP contribution in [0.15, 0.2) is 36.4 Å². The highest BCUT2D eigenvalue weighted by atomic mass is 19.1. The summed E-state index contributed by atoms with van der Waals surface area (Å²) in [6.45, 7) is -0.758. The van der Waals surface area contributed by atoms with E-state index >= 15 is 0 Å². The molecule has 0 bridgehead atoms. The van der Waals surface area contributed by atoms with E-state index in [1.165, 1.54) is 0 Å². The zero-order chi connectivity index (χ0) is 14.8. The van der Waals surface area contributed by atoms with E-state index in [2.05, 4.69) is 20.9 Å². The quantitative estimate of drug-likeness (QED) is 0.732. The fraction of sp³-hybridized carbons (Fsp3) is 0.0625. The van der Waals surface area contributed by atoms with Crippen LogP contribution < -0.4 is 5.73 Å². The van der Waals surface area contributed by atoms with E-state index in [1.807, 2.05) is 24.3 Å². The Bertz CT molecular complexity index is 868. The molecule has 0 aliphatic heterocycles. The molecule has 0 saturated carbocycles. The van der Waals surface area contributed by atoms with E-state index < -0.39 is 6.67 Å². The molecule has 0 unspecified atom stereocenters. The molecule has 0 aliphatic rings. The molecule has 21 heavy (non-hydrogen) atoms. The van der Waals surface area contributed by atoms with E-state index in [0.29, 0.717) is 16.7 Å². The number of benzene rings is 1. The van der Waals surface area contributed by atoms with Gasteiger partial charge in [0.15, 0.2) is 11.6 Å². The number of nitrogen functional groups attached to an aromatic ring is 1. The van der Waals surface area contributed by atoms with Crippen molar-refractivity contribution in [2.45, 2.75) is 6.67 Å². The van der Waals surface area contributed by atoms with Gasteiger partial charge >= 0.3 is 0 Å². The third-order valence-corrected chi connectivity index (χ3v) is 3.06. The Hall–Kier alpha value is -3.00. The van der Waals surface area contributed by atoms with Crippen molar-refractivity contribution in [1.82, 2.24) is 15.0 Å². The van der Waals surface area contributed by atoms with Crippen LogP contribution in [-0.2, 0) is 6.67 Å². The number of aromatic nitrogens is 3. The van der Waals surface area contributed by atoms with Crippen molar-refractivity contribution in [1.29, 1.82) is 0 Å². The van der Waals surface area contributed by atoms with Crippen LogP contribution in [0.2, 0.25) is 0 Å². The SMILES string of the molecule is C#Cc1cccc(-c2ccc3nc(CF)nc(N)c3n2)c1. The summed E-state index contributed by atoms with van der Waals surface area (Å²) in [4.78, 5) is 12.4. The highest BCUT2D eigenvalue weighted by Crippen LogP contribution is 2.23. The first-order valence-electron chi connectivity index (χ1n) is 6.27. The Morgan fingerprint density at radius 2 is 2.00 bits per heavy atom. The molecule has 0 atom stereocenters. The first-order valence-corrected chi connectivity index (χ1v) is 6.27. The molecule has 0 fully saturated rings. The van der Waals surface area contributed by atoms with Crippen LogP contribution in [0, 0.1) is 12.3 Å². The lowest BCUT2D eigenvalue weighted by Gasteiger charge is -2.06. The second-order valence-electron chi connectivity index (χ2n) is 4.45. The molecule has 4 nitrogen and oxygen atoms in total. The number of fused-ring (bicyclic) bond motifs is 1. The lowest BCUT2D eigenvalue weighted by molar-refractivity contribution is 0.467. The van der Waals surface area contributed by atoms with Gasteiger partial charge in [-0.15, -0.1) is 6.42 Å². The number of nitrogens with two attached hydrogens (primary N) is 1. The molecule has 2 heterocycles. The van der Waals surface area contributed by atoms with Gasteiger partial charge in [-0.2, -0.15) is 0 Å². The Morgan fingerprint density at radius 3 is 2.76 bits per heavy atom. The van der Waals surface area contributed by atoms with Gasteiger partial charge in [0.1, 0.15) is 12.2 Å². The molecule has 0 saturated heterocycles. The minimum atomic E-state index is -0.758. The number of nitrogens with zero attached hydrogens (tertiary/aromatic N) is 3. The Kier molecular flexibility index (Phi) is 3.20. The summed E-state index contributed by atoms with van der Waals surface area (Å²) >= 11 is 0. The highest BCUT2D eigenvalue weighted by Gasteiger charge is 2.08. The largest absolute Gasteiger partial charge is 0.382 e. The fourth-order valence-electron chi connectivity index (χ4n) is 2.08. The number of pyridine rings is 1. The Balaban J connectivity index is 2.17. The van der Waals surface area contributed by atoms with Crippen molar-refractivity contribution in [3.05, 3.63) is 47.8 Å². The van der Waals surface area contributed by atoms with Crippen molar-refractivity contribution in [2.75, 3.05) is 5.73 Å². The van der Waals surface area contributed by atoms with Gasteiger partial charge in [-0.25, -0.2) is 19.3 Å². The number of anilines is 1. The molecule has 0 radical (unpaired) electrons. The van der Waals surface area contributed by atoms with Gasteiger partial charge in [-0.05, 0) is 24.3 Å². The third-order valence-electron chi connectivity index (χ3n) is 3.06. The zero-order valence-corrected chi connectivity index (χ0v) is 11.0. The summed E-state index contributed by atoms with van der Waals surface area (Å²) in [5.74, 6) is 2.81. The van der Waals surface area contributed by atoms with Crippen molar-refractivity contribution in [3.63, 3.8) is 0 Å². The molecular weight excluding hydrogens is 267 g/mol. The second-order valence-corrected chi connectivity index (χ2v) is 4.45. The van der Waals surface area contributed by atoms with Gasteiger partial charge in [0.25, 0.3) is 0 Å². The van der Waals surface area contributed by atoms with Crippen LogP contribution in [0.25, 0.3) is 22.3 Å². The maximum Gasteiger partial charge on any atom is 0.162 e. The molecular formula is C16H11FN4. The first kappa shape index (κ1) is 13.0. The molecule has 0 spiro atoms. The number of hydrogen-bond donors (Lipinski definition) is 1. The number of halogens is 1. The van der Waals surface area contributed by atoms with Crippen LogP contribution in [0.1, 0.15) is 11.4 Å². The molecule has 102 valence electrons. The lowest BCUT2D eigenvalue weighted by atomic mass is 10.1. The molecule has 2 N–H and O–H groups in total. The van der Waals surface area contributed by atoms with Crippen LogP contribution in [0.3, 0.4) is 0 Å². The first-order chi connectivity index (χ1) is 10.2. The summed E-state index contributed by atoms with van der Waals surface area (Å²) in [6, 6.07) is 11.0. The minimum Gasteiger partial charge on any atom is -0.382 e. The van der Waals surface area contributed by atoms with Crippen molar-refractivity contribution < 1.29 is 4.39 Å². The smallest absolute Gasteiger partial charge is 0.162 e. The Labute approximate surface area is 120 Å².